The monoisotopic (exact) mass is 520 g/mol. The van der Waals surface area contributed by atoms with Crippen LogP contribution in [0.2, 0.25) is 0 Å². The molecule has 190 valence electrons. The number of nitrogens with zero attached hydrogens (tertiary/aromatic N) is 3. The van der Waals surface area contributed by atoms with Gasteiger partial charge in [-0.2, -0.15) is 0 Å². The third-order valence-electron chi connectivity index (χ3n) is 6.90. The number of nitrogens with one attached hydrogen (secondary N) is 1. The van der Waals surface area contributed by atoms with E-state index in [0.717, 1.165) is 23.3 Å². The van der Waals surface area contributed by atoms with Crippen molar-refractivity contribution in [2.24, 2.45) is 7.05 Å². The molecule has 2 amide bonds. The first-order chi connectivity index (χ1) is 17.8. The van der Waals surface area contributed by atoms with Gasteiger partial charge in [0.1, 0.15) is 5.54 Å². The molecule has 0 radical (unpaired) electrons. The number of rotatable bonds is 6. The smallest absolute Gasteiger partial charge is 0.250 e. The summed E-state index contributed by atoms with van der Waals surface area (Å²) in [4.78, 5) is 32.8. The molecule has 3 aromatic carbocycles. The molecule has 1 saturated heterocycles. The molecule has 37 heavy (non-hydrogen) atoms. The highest BCUT2D eigenvalue weighted by Crippen LogP contribution is 2.34. The van der Waals surface area contributed by atoms with E-state index in [-0.39, 0.29) is 17.6 Å². The van der Waals surface area contributed by atoms with Gasteiger partial charge in [-0.3, -0.25) is 9.59 Å². The number of imidazole rings is 1. The molecule has 9 heteroatoms. The summed E-state index contributed by atoms with van der Waals surface area (Å²) in [6, 6.07) is 19.6. The summed E-state index contributed by atoms with van der Waals surface area (Å²) in [5, 5.41) is 3.53. The van der Waals surface area contributed by atoms with E-state index >= 15 is 0 Å². The Bertz CT molecular complexity index is 1490. The van der Waals surface area contributed by atoms with Crippen LogP contribution in [0, 0.1) is 11.6 Å². The summed E-state index contributed by atoms with van der Waals surface area (Å²) in [6.45, 7) is 2.27. The lowest BCUT2D eigenvalue weighted by atomic mass is 9.96. The van der Waals surface area contributed by atoms with Crippen LogP contribution in [0.1, 0.15) is 19.8 Å². The van der Waals surface area contributed by atoms with Gasteiger partial charge in [0.2, 0.25) is 11.8 Å². The Morgan fingerprint density at radius 1 is 1.05 bits per heavy atom. The molecule has 4 aromatic rings. The van der Waals surface area contributed by atoms with Crippen LogP contribution in [-0.4, -0.2) is 44.1 Å². The normalized spacial score (nSPS) is 17.4. The van der Waals surface area contributed by atoms with Crippen molar-refractivity contribution in [1.82, 2.24) is 14.5 Å². The lowest BCUT2D eigenvalue weighted by molar-refractivity contribution is -0.139. The highest BCUT2D eigenvalue weighted by molar-refractivity contribution is 7.99. The molecule has 0 unspecified atom stereocenters. The van der Waals surface area contributed by atoms with Gasteiger partial charge < -0.3 is 14.8 Å². The van der Waals surface area contributed by atoms with E-state index in [9.17, 15) is 18.4 Å². The predicted octanol–water partition coefficient (Wildman–Crippen LogP) is 5.63. The zero-order chi connectivity index (χ0) is 26.2. The molecule has 0 saturated carbocycles. The Morgan fingerprint density at radius 3 is 2.54 bits per heavy atom. The van der Waals surface area contributed by atoms with Gasteiger partial charge in [0.25, 0.3) is 0 Å². The molecule has 6 nitrogen and oxygen atoms in total. The quantitative estimate of drug-likeness (QED) is 0.335. The second-order valence-corrected chi connectivity index (χ2v) is 10.2. The molecule has 2 heterocycles. The van der Waals surface area contributed by atoms with Gasteiger partial charge in [0.15, 0.2) is 16.8 Å². The second-order valence-electron chi connectivity index (χ2n) is 9.29. The average molecular weight is 521 g/mol. The second kappa shape index (κ2) is 9.97. The topological polar surface area (TPSA) is 67.2 Å². The Balaban J connectivity index is 1.32. The van der Waals surface area contributed by atoms with E-state index in [2.05, 4.69) is 10.3 Å². The molecular formula is C28H26F2N4O2S. The highest BCUT2D eigenvalue weighted by Gasteiger charge is 2.45. The van der Waals surface area contributed by atoms with Gasteiger partial charge in [-0.05, 0) is 31.4 Å². The van der Waals surface area contributed by atoms with Crippen LogP contribution in [0.15, 0.2) is 71.9 Å². The van der Waals surface area contributed by atoms with Gasteiger partial charge in [-0.1, -0.05) is 60.3 Å². The number of aromatic nitrogens is 2. The standard InChI is InChI=1S/C28H26F2N4O2S/c1-28(26(36)31-22-12-7-6-11-19(22)18-9-4-3-5-10-18)13-8-14-34(28)25(35)17-37-27-32-23-15-20(29)21(30)16-24(23)33(27)2/h3-7,9-12,15-16H,8,13-14,17H2,1-2H3,(H,31,36)/t28-/m0/s1. The number of anilines is 1. The van der Waals surface area contributed by atoms with Crippen molar-refractivity contribution in [3.05, 3.63) is 78.4 Å². The largest absolute Gasteiger partial charge is 0.328 e. The lowest BCUT2D eigenvalue weighted by Crippen LogP contribution is -2.53. The van der Waals surface area contributed by atoms with Crippen LogP contribution in [0.5, 0.6) is 0 Å². The number of carbonyl (C=O) groups is 2. The van der Waals surface area contributed by atoms with Crippen molar-refractivity contribution >= 4 is 40.3 Å². The Kier molecular flexibility index (Phi) is 6.72. The zero-order valence-corrected chi connectivity index (χ0v) is 21.3. The van der Waals surface area contributed by atoms with Crippen LogP contribution >= 0.6 is 11.8 Å². The van der Waals surface area contributed by atoms with Crippen LogP contribution in [-0.2, 0) is 16.6 Å². The van der Waals surface area contributed by atoms with Gasteiger partial charge >= 0.3 is 0 Å². The first kappa shape index (κ1) is 25.0. The van der Waals surface area contributed by atoms with Crippen LogP contribution in [0.25, 0.3) is 22.2 Å². The molecule has 1 aliphatic heterocycles. The van der Waals surface area contributed by atoms with Gasteiger partial charge in [-0.15, -0.1) is 0 Å². The van der Waals surface area contributed by atoms with Gasteiger partial charge in [0, 0.05) is 37.0 Å². The molecule has 1 fully saturated rings. The van der Waals surface area contributed by atoms with Gasteiger partial charge in [0.05, 0.1) is 16.8 Å². The fourth-order valence-electron chi connectivity index (χ4n) is 4.82. The number of likely N-dealkylation sites (tertiary alicyclic amines) is 1. The number of benzene rings is 3. The van der Waals surface area contributed by atoms with Crippen molar-refractivity contribution < 1.29 is 18.4 Å². The number of thioether (sulfide) groups is 1. The summed E-state index contributed by atoms with van der Waals surface area (Å²) in [6.07, 6.45) is 1.26. The van der Waals surface area contributed by atoms with Crippen LogP contribution < -0.4 is 5.32 Å². The Labute approximate surface area is 217 Å². The van der Waals surface area contributed by atoms with Crippen LogP contribution in [0.4, 0.5) is 14.5 Å². The summed E-state index contributed by atoms with van der Waals surface area (Å²) in [7, 11) is 1.69. The third kappa shape index (κ3) is 4.71. The fraction of sp³-hybridized carbons (Fsp3) is 0.250. The molecule has 1 aromatic heterocycles. The number of halogens is 2. The summed E-state index contributed by atoms with van der Waals surface area (Å²) >= 11 is 1.18. The minimum Gasteiger partial charge on any atom is -0.328 e. The van der Waals surface area contributed by atoms with Crippen LogP contribution in [0.3, 0.4) is 0 Å². The zero-order valence-electron chi connectivity index (χ0n) is 20.5. The number of amides is 2. The number of fused-ring (bicyclic) bond motifs is 1. The number of aryl methyl sites for hydroxylation is 1. The maximum absolute atomic E-state index is 13.7. The van der Waals surface area contributed by atoms with E-state index in [4.69, 9.17) is 0 Å². The maximum atomic E-state index is 13.7. The summed E-state index contributed by atoms with van der Waals surface area (Å²) < 4.78 is 28.9. The Morgan fingerprint density at radius 2 is 1.76 bits per heavy atom. The van der Waals surface area contributed by atoms with Crippen molar-refractivity contribution in [2.75, 3.05) is 17.6 Å². The molecule has 0 bridgehead atoms. The van der Waals surface area contributed by atoms with E-state index < -0.39 is 17.2 Å². The van der Waals surface area contributed by atoms with E-state index in [1.807, 2.05) is 54.6 Å². The van der Waals surface area contributed by atoms with E-state index in [1.165, 1.54) is 11.8 Å². The number of hydrogen-bond acceptors (Lipinski definition) is 4. The molecule has 5 rings (SSSR count). The van der Waals surface area contributed by atoms with E-state index in [1.54, 1.807) is 23.4 Å². The maximum Gasteiger partial charge on any atom is 0.250 e. The molecule has 0 aliphatic carbocycles. The minimum atomic E-state index is -1.000. The van der Waals surface area contributed by atoms with Crippen molar-refractivity contribution in [2.45, 2.75) is 30.5 Å². The lowest BCUT2D eigenvalue weighted by Gasteiger charge is -2.34. The third-order valence-corrected chi connectivity index (χ3v) is 7.91. The summed E-state index contributed by atoms with van der Waals surface area (Å²) in [5.41, 5.74) is 2.34. The van der Waals surface area contributed by atoms with E-state index in [0.29, 0.717) is 41.3 Å². The molecular weight excluding hydrogens is 494 g/mol. The highest BCUT2D eigenvalue weighted by atomic mass is 32.2. The Hall–Kier alpha value is -3.72. The molecule has 1 N–H and O–H groups in total. The average Bonchev–Trinajstić information content (AvgIpc) is 3.44. The minimum absolute atomic E-state index is 0.0472. The molecule has 0 spiro atoms. The SMILES string of the molecule is Cn1c(SCC(=O)N2CCC[C@@]2(C)C(=O)Nc2ccccc2-c2ccccc2)nc2cc(F)c(F)cc21. The number of para-hydroxylation sites is 1. The van der Waals surface area contributed by atoms with Gasteiger partial charge in [-0.25, -0.2) is 13.8 Å². The number of hydrogen-bond donors (Lipinski definition) is 1. The number of carbonyl (C=O) groups excluding carboxylic acids is 2. The predicted molar refractivity (Wildman–Crippen MR) is 141 cm³/mol. The van der Waals surface area contributed by atoms with Crippen molar-refractivity contribution in [1.29, 1.82) is 0 Å². The summed E-state index contributed by atoms with van der Waals surface area (Å²) in [5.74, 6) is -2.30. The molecule has 1 aliphatic rings. The fourth-order valence-corrected chi connectivity index (χ4v) is 5.68. The molecule has 1 atom stereocenters. The van der Waals surface area contributed by atoms with Crippen molar-refractivity contribution in [3.63, 3.8) is 0 Å². The van der Waals surface area contributed by atoms with Crippen molar-refractivity contribution in [3.8, 4) is 11.1 Å². The first-order valence-corrected chi connectivity index (χ1v) is 13.0. The first-order valence-electron chi connectivity index (χ1n) is 12.0.